The summed E-state index contributed by atoms with van der Waals surface area (Å²) in [6, 6.07) is 4.22. The fourth-order valence-electron chi connectivity index (χ4n) is 4.01. The van der Waals surface area contributed by atoms with Gasteiger partial charge in [0.25, 0.3) is 11.8 Å². The van der Waals surface area contributed by atoms with Crippen LogP contribution in [0.4, 0.5) is 4.79 Å². The molecule has 1 aliphatic carbocycles. The van der Waals surface area contributed by atoms with Gasteiger partial charge in [0.05, 0.1) is 13.2 Å². The molecular weight excluding hydrogens is 416 g/mol. The third-order valence-corrected chi connectivity index (χ3v) is 5.62. The van der Waals surface area contributed by atoms with Crippen molar-refractivity contribution in [2.24, 2.45) is 0 Å². The lowest BCUT2D eigenvalue weighted by Crippen LogP contribution is -2.48. The predicted molar refractivity (Wildman–Crippen MR) is 115 cm³/mol. The number of ether oxygens (including phenoxy) is 2. The molecule has 2 aliphatic rings. The van der Waals surface area contributed by atoms with Crippen LogP contribution in [-0.4, -0.2) is 54.0 Å². The van der Waals surface area contributed by atoms with Crippen LogP contribution in [0.25, 0.3) is 0 Å². The number of hydrazine groups is 1. The van der Waals surface area contributed by atoms with E-state index in [1.54, 1.807) is 12.1 Å². The minimum Gasteiger partial charge on any atom is -0.493 e. The maximum absolute atomic E-state index is 12.7. The smallest absolute Gasteiger partial charge is 0.325 e. The van der Waals surface area contributed by atoms with E-state index in [0.29, 0.717) is 24.3 Å². The number of amides is 5. The van der Waals surface area contributed by atoms with E-state index in [1.165, 1.54) is 13.2 Å². The van der Waals surface area contributed by atoms with Crippen molar-refractivity contribution in [1.29, 1.82) is 0 Å². The van der Waals surface area contributed by atoms with Crippen molar-refractivity contribution < 1.29 is 28.7 Å². The fraction of sp³-hybridized carbons (Fsp3) is 0.545. The van der Waals surface area contributed by atoms with Gasteiger partial charge in [-0.15, -0.1) is 0 Å². The third-order valence-electron chi connectivity index (χ3n) is 5.62. The Morgan fingerprint density at radius 1 is 1.12 bits per heavy atom. The van der Waals surface area contributed by atoms with Crippen LogP contribution < -0.4 is 25.6 Å². The highest BCUT2D eigenvalue weighted by Gasteiger charge is 2.51. The van der Waals surface area contributed by atoms with E-state index in [2.05, 4.69) is 16.2 Å². The molecule has 0 atom stereocenters. The molecule has 0 radical (unpaired) electrons. The minimum absolute atomic E-state index is 0.0524. The van der Waals surface area contributed by atoms with E-state index in [4.69, 9.17) is 9.47 Å². The van der Waals surface area contributed by atoms with Gasteiger partial charge in [0.1, 0.15) is 5.54 Å². The number of imide groups is 1. The van der Waals surface area contributed by atoms with E-state index in [-0.39, 0.29) is 30.5 Å². The van der Waals surface area contributed by atoms with Crippen molar-refractivity contribution in [3.05, 3.63) is 23.8 Å². The number of urea groups is 1. The number of nitrogens with one attached hydrogen (secondary N) is 3. The lowest BCUT2D eigenvalue weighted by atomic mass is 9.82. The number of hydrogen-bond donors (Lipinski definition) is 3. The first-order chi connectivity index (χ1) is 15.3. The summed E-state index contributed by atoms with van der Waals surface area (Å²) in [6.45, 7) is 3.71. The second-order valence-corrected chi connectivity index (χ2v) is 8.31. The van der Waals surface area contributed by atoms with Crippen LogP contribution in [0.15, 0.2) is 18.2 Å². The van der Waals surface area contributed by atoms with Crippen molar-refractivity contribution in [1.82, 2.24) is 21.1 Å². The van der Waals surface area contributed by atoms with Crippen LogP contribution in [-0.2, 0) is 9.59 Å². The number of methoxy groups -OCH3 is 1. The van der Waals surface area contributed by atoms with Gasteiger partial charge in [0.2, 0.25) is 5.91 Å². The molecule has 174 valence electrons. The van der Waals surface area contributed by atoms with Crippen molar-refractivity contribution >= 4 is 23.8 Å². The van der Waals surface area contributed by atoms with E-state index < -0.39 is 23.4 Å². The Morgan fingerprint density at radius 2 is 1.84 bits per heavy atom. The summed E-state index contributed by atoms with van der Waals surface area (Å²) in [4.78, 5) is 50.6. The molecule has 1 saturated heterocycles. The molecule has 0 bridgehead atoms. The third kappa shape index (κ3) is 5.12. The van der Waals surface area contributed by atoms with Crippen LogP contribution in [0.1, 0.15) is 62.7 Å². The molecule has 1 heterocycles. The molecule has 32 heavy (non-hydrogen) atoms. The standard InChI is InChI=1S/C22H30N4O6/c1-14(2)32-16-8-7-15(13-17(16)31-3)19(28)25-24-18(27)9-12-26-20(29)22(23-21(26)30)10-5-4-6-11-22/h7-8,13-14H,4-6,9-12H2,1-3H3,(H,23,30)(H,24,27)(H,25,28). The largest absolute Gasteiger partial charge is 0.493 e. The molecule has 1 spiro atoms. The fourth-order valence-corrected chi connectivity index (χ4v) is 4.01. The Hall–Kier alpha value is -3.30. The van der Waals surface area contributed by atoms with Gasteiger partial charge in [0, 0.05) is 18.5 Å². The number of hydrogen-bond acceptors (Lipinski definition) is 6. The monoisotopic (exact) mass is 446 g/mol. The van der Waals surface area contributed by atoms with Crippen molar-refractivity contribution in [3.63, 3.8) is 0 Å². The molecule has 3 N–H and O–H groups in total. The summed E-state index contributed by atoms with van der Waals surface area (Å²) >= 11 is 0. The molecule has 2 fully saturated rings. The zero-order chi connectivity index (χ0) is 23.3. The zero-order valence-corrected chi connectivity index (χ0v) is 18.7. The molecule has 1 aliphatic heterocycles. The second-order valence-electron chi connectivity index (χ2n) is 8.31. The number of carbonyl (C=O) groups is 4. The Labute approximate surface area is 187 Å². The lowest BCUT2D eigenvalue weighted by molar-refractivity contribution is -0.132. The Kier molecular flexibility index (Phi) is 7.22. The first kappa shape index (κ1) is 23.4. The highest BCUT2D eigenvalue weighted by atomic mass is 16.5. The maximum atomic E-state index is 12.7. The Balaban J connectivity index is 1.50. The predicted octanol–water partition coefficient (Wildman–Crippen LogP) is 1.89. The van der Waals surface area contributed by atoms with Crippen molar-refractivity contribution in [2.75, 3.05) is 13.7 Å². The normalized spacial score (nSPS) is 17.3. The number of carbonyl (C=O) groups excluding carboxylic acids is 4. The van der Waals surface area contributed by atoms with Gasteiger partial charge in [-0.05, 0) is 44.9 Å². The van der Waals surface area contributed by atoms with E-state index in [1.807, 2.05) is 13.8 Å². The average molecular weight is 447 g/mol. The van der Waals surface area contributed by atoms with Gasteiger partial charge >= 0.3 is 6.03 Å². The number of benzene rings is 1. The lowest BCUT2D eigenvalue weighted by Gasteiger charge is -2.30. The van der Waals surface area contributed by atoms with Crippen molar-refractivity contribution in [3.8, 4) is 11.5 Å². The Morgan fingerprint density at radius 3 is 2.50 bits per heavy atom. The summed E-state index contributed by atoms with van der Waals surface area (Å²) < 4.78 is 10.9. The van der Waals surface area contributed by atoms with Crippen molar-refractivity contribution in [2.45, 2.75) is 64.0 Å². The van der Waals surface area contributed by atoms with Gasteiger partial charge in [-0.3, -0.25) is 30.1 Å². The van der Waals surface area contributed by atoms with E-state index >= 15 is 0 Å². The molecule has 3 rings (SSSR count). The van der Waals surface area contributed by atoms with Gasteiger partial charge in [-0.2, -0.15) is 0 Å². The molecule has 0 unspecified atom stereocenters. The van der Waals surface area contributed by atoms with Crippen LogP contribution >= 0.6 is 0 Å². The molecular formula is C22H30N4O6. The average Bonchev–Trinajstić information content (AvgIpc) is 2.99. The first-order valence-electron chi connectivity index (χ1n) is 10.8. The van der Waals surface area contributed by atoms with Crippen LogP contribution in [0, 0.1) is 0 Å². The van der Waals surface area contributed by atoms with E-state index in [9.17, 15) is 19.2 Å². The highest BCUT2D eigenvalue weighted by molar-refractivity contribution is 6.07. The molecule has 1 aromatic rings. The quantitative estimate of drug-likeness (QED) is 0.434. The van der Waals surface area contributed by atoms with Gasteiger partial charge in [0.15, 0.2) is 11.5 Å². The molecule has 10 nitrogen and oxygen atoms in total. The molecule has 1 saturated carbocycles. The van der Waals surface area contributed by atoms with Crippen LogP contribution in [0.3, 0.4) is 0 Å². The Bertz CT molecular complexity index is 894. The summed E-state index contributed by atoms with van der Waals surface area (Å²) in [5.74, 6) is -0.422. The topological polar surface area (TPSA) is 126 Å². The maximum Gasteiger partial charge on any atom is 0.325 e. The van der Waals surface area contributed by atoms with Gasteiger partial charge in [-0.25, -0.2) is 4.79 Å². The first-order valence-corrected chi connectivity index (χ1v) is 10.8. The molecule has 10 heteroatoms. The summed E-state index contributed by atoms with van der Waals surface area (Å²) in [6.07, 6.45) is 3.90. The highest BCUT2D eigenvalue weighted by Crippen LogP contribution is 2.33. The van der Waals surface area contributed by atoms with Crippen LogP contribution in [0.5, 0.6) is 11.5 Å². The summed E-state index contributed by atoms with van der Waals surface area (Å²) in [5.41, 5.74) is 4.09. The van der Waals surface area contributed by atoms with Gasteiger partial charge < -0.3 is 14.8 Å². The molecule has 5 amide bonds. The van der Waals surface area contributed by atoms with Crippen LogP contribution in [0.2, 0.25) is 0 Å². The molecule has 1 aromatic carbocycles. The summed E-state index contributed by atoms with van der Waals surface area (Å²) in [5, 5.41) is 2.81. The number of rotatable bonds is 7. The summed E-state index contributed by atoms with van der Waals surface area (Å²) in [7, 11) is 1.47. The SMILES string of the molecule is COc1cc(C(=O)NNC(=O)CCN2C(=O)NC3(CCCCC3)C2=O)ccc1OC(C)C. The second kappa shape index (κ2) is 9.88. The molecule has 0 aromatic heterocycles. The number of nitrogens with zero attached hydrogens (tertiary/aromatic N) is 1. The van der Waals surface area contributed by atoms with Gasteiger partial charge in [-0.1, -0.05) is 19.3 Å². The van der Waals surface area contributed by atoms with E-state index in [0.717, 1.165) is 24.2 Å². The minimum atomic E-state index is -0.815. The zero-order valence-electron chi connectivity index (χ0n) is 18.7.